The van der Waals surface area contributed by atoms with Gasteiger partial charge in [0.1, 0.15) is 11.3 Å². The van der Waals surface area contributed by atoms with Gasteiger partial charge >= 0.3 is 0 Å². The molecule has 0 aromatic carbocycles. The molecule has 1 fully saturated rings. The molecule has 1 amide bonds. The Bertz CT molecular complexity index is 912. The van der Waals surface area contributed by atoms with Crippen LogP contribution in [0.3, 0.4) is 0 Å². The van der Waals surface area contributed by atoms with Gasteiger partial charge in [0.2, 0.25) is 0 Å². The lowest BCUT2D eigenvalue weighted by molar-refractivity contribution is 0.0759. The number of likely N-dealkylation sites (tertiary alicyclic amines) is 1. The lowest BCUT2D eigenvalue weighted by Crippen LogP contribution is -2.29. The Hall–Kier alpha value is -2.44. The number of carbonyl (C=O) groups is 1. The zero-order chi connectivity index (χ0) is 17.4. The molecule has 0 spiro atoms. The maximum absolute atomic E-state index is 12.7. The van der Waals surface area contributed by atoms with Crippen molar-refractivity contribution in [3.63, 3.8) is 0 Å². The van der Waals surface area contributed by atoms with E-state index in [2.05, 4.69) is 9.97 Å². The summed E-state index contributed by atoms with van der Waals surface area (Å²) in [5.41, 5.74) is 2.13. The molecule has 0 aliphatic carbocycles. The fourth-order valence-electron chi connectivity index (χ4n) is 3.27. The average Bonchev–Trinajstić information content (AvgIpc) is 3.19. The van der Waals surface area contributed by atoms with Gasteiger partial charge in [-0.3, -0.25) is 9.78 Å². The Balaban J connectivity index is 1.50. The SMILES string of the molecule is O=C(c1cn2cc(Cl)ccc2n1)N1C[C@@H](Cc2ccncc2)[C@@H](O)C1. The molecule has 1 aliphatic heterocycles. The molecule has 0 unspecified atom stereocenters. The minimum Gasteiger partial charge on any atom is -0.391 e. The van der Waals surface area contributed by atoms with Gasteiger partial charge in [0.15, 0.2) is 0 Å². The molecule has 2 atom stereocenters. The number of halogens is 1. The van der Waals surface area contributed by atoms with Crippen molar-refractivity contribution in [3.8, 4) is 0 Å². The predicted octanol–water partition coefficient (Wildman–Crippen LogP) is 2.06. The number of hydrogen-bond acceptors (Lipinski definition) is 4. The normalized spacial score (nSPS) is 20.3. The highest BCUT2D eigenvalue weighted by molar-refractivity contribution is 6.30. The first-order chi connectivity index (χ1) is 12.1. The second-order valence-electron chi connectivity index (χ2n) is 6.34. The first-order valence-electron chi connectivity index (χ1n) is 8.10. The Morgan fingerprint density at radius 2 is 2.00 bits per heavy atom. The number of aliphatic hydroxyl groups is 1. The van der Waals surface area contributed by atoms with Crippen LogP contribution in [0.15, 0.2) is 49.1 Å². The predicted molar refractivity (Wildman–Crippen MR) is 93.5 cm³/mol. The van der Waals surface area contributed by atoms with Crippen molar-refractivity contribution < 1.29 is 9.90 Å². The third-order valence-corrected chi connectivity index (χ3v) is 4.80. The summed E-state index contributed by atoms with van der Waals surface area (Å²) in [5, 5.41) is 10.9. The third-order valence-electron chi connectivity index (χ3n) is 4.58. The molecule has 128 valence electrons. The van der Waals surface area contributed by atoms with Crippen LogP contribution in [-0.2, 0) is 6.42 Å². The van der Waals surface area contributed by atoms with Crippen molar-refractivity contribution >= 4 is 23.2 Å². The largest absolute Gasteiger partial charge is 0.391 e. The van der Waals surface area contributed by atoms with Crippen LogP contribution in [0.2, 0.25) is 5.02 Å². The van der Waals surface area contributed by atoms with Crippen molar-refractivity contribution in [1.82, 2.24) is 19.3 Å². The maximum atomic E-state index is 12.7. The summed E-state index contributed by atoms with van der Waals surface area (Å²) in [4.78, 5) is 22.8. The minimum atomic E-state index is -0.538. The van der Waals surface area contributed by atoms with Crippen molar-refractivity contribution in [2.75, 3.05) is 13.1 Å². The van der Waals surface area contributed by atoms with Gasteiger partial charge in [-0.05, 0) is 36.2 Å². The van der Waals surface area contributed by atoms with E-state index in [1.807, 2.05) is 12.1 Å². The quantitative estimate of drug-likeness (QED) is 0.779. The van der Waals surface area contributed by atoms with Crippen LogP contribution in [-0.4, -0.2) is 49.5 Å². The molecule has 4 rings (SSSR count). The number of rotatable bonds is 3. The molecule has 0 saturated carbocycles. The molecular weight excluding hydrogens is 340 g/mol. The molecular formula is C18H17ClN4O2. The molecule has 3 aromatic rings. The number of aromatic nitrogens is 3. The van der Waals surface area contributed by atoms with Crippen LogP contribution in [0, 0.1) is 5.92 Å². The zero-order valence-electron chi connectivity index (χ0n) is 13.4. The van der Waals surface area contributed by atoms with Crippen LogP contribution in [0.4, 0.5) is 0 Å². The van der Waals surface area contributed by atoms with E-state index in [0.29, 0.717) is 35.9 Å². The second kappa shape index (κ2) is 6.46. The number of nitrogens with zero attached hydrogens (tertiary/aromatic N) is 4. The van der Waals surface area contributed by atoms with E-state index in [9.17, 15) is 9.90 Å². The highest BCUT2D eigenvalue weighted by Crippen LogP contribution is 2.23. The standard InChI is InChI=1S/C18H17ClN4O2/c19-14-1-2-17-21-15(10-22(17)9-14)18(25)23-8-13(16(24)11-23)7-12-3-5-20-6-4-12/h1-6,9-10,13,16,24H,7-8,11H2/t13-,16+/m1/s1. The van der Waals surface area contributed by atoms with E-state index in [4.69, 9.17) is 11.6 Å². The van der Waals surface area contributed by atoms with E-state index in [-0.39, 0.29) is 11.8 Å². The summed E-state index contributed by atoms with van der Waals surface area (Å²) >= 11 is 5.97. The molecule has 7 heteroatoms. The summed E-state index contributed by atoms with van der Waals surface area (Å²) in [5.74, 6) is -0.158. The second-order valence-corrected chi connectivity index (χ2v) is 6.77. The Labute approximate surface area is 149 Å². The zero-order valence-corrected chi connectivity index (χ0v) is 14.2. The molecule has 1 saturated heterocycles. The first kappa shape index (κ1) is 16.1. The summed E-state index contributed by atoms with van der Waals surface area (Å²) in [6.07, 6.45) is 7.04. The van der Waals surface area contributed by atoms with Crippen LogP contribution < -0.4 is 0 Å². The van der Waals surface area contributed by atoms with Crippen LogP contribution >= 0.6 is 11.6 Å². The molecule has 25 heavy (non-hydrogen) atoms. The number of carbonyl (C=O) groups excluding carboxylic acids is 1. The van der Waals surface area contributed by atoms with Gasteiger partial charge in [0.25, 0.3) is 5.91 Å². The monoisotopic (exact) mass is 356 g/mol. The summed E-state index contributed by atoms with van der Waals surface area (Å²) in [6.45, 7) is 0.833. The van der Waals surface area contributed by atoms with E-state index < -0.39 is 6.10 Å². The van der Waals surface area contributed by atoms with E-state index in [0.717, 1.165) is 5.56 Å². The van der Waals surface area contributed by atoms with Crippen molar-refractivity contribution in [2.24, 2.45) is 5.92 Å². The van der Waals surface area contributed by atoms with Gasteiger partial charge < -0.3 is 14.4 Å². The van der Waals surface area contributed by atoms with Crippen LogP contribution in [0.1, 0.15) is 16.1 Å². The van der Waals surface area contributed by atoms with Gasteiger partial charge in [-0.25, -0.2) is 4.98 Å². The lowest BCUT2D eigenvalue weighted by atomic mass is 9.97. The number of pyridine rings is 2. The Kier molecular flexibility index (Phi) is 4.15. The maximum Gasteiger partial charge on any atom is 0.274 e. The van der Waals surface area contributed by atoms with Crippen LogP contribution in [0.5, 0.6) is 0 Å². The Morgan fingerprint density at radius 1 is 1.20 bits per heavy atom. The fraction of sp³-hybridized carbons (Fsp3) is 0.278. The molecule has 3 aromatic heterocycles. The van der Waals surface area contributed by atoms with Gasteiger partial charge in [0, 0.05) is 43.8 Å². The van der Waals surface area contributed by atoms with Gasteiger partial charge in [-0.2, -0.15) is 0 Å². The fourth-order valence-corrected chi connectivity index (χ4v) is 3.44. The van der Waals surface area contributed by atoms with E-state index in [1.165, 1.54) is 0 Å². The first-order valence-corrected chi connectivity index (χ1v) is 8.48. The lowest BCUT2D eigenvalue weighted by Gasteiger charge is -2.14. The smallest absolute Gasteiger partial charge is 0.274 e. The number of amides is 1. The van der Waals surface area contributed by atoms with E-state index >= 15 is 0 Å². The molecule has 1 aliphatic rings. The number of fused-ring (bicyclic) bond motifs is 1. The molecule has 1 N–H and O–H groups in total. The van der Waals surface area contributed by atoms with Gasteiger partial charge in [-0.15, -0.1) is 0 Å². The molecule has 0 radical (unpaired) electrons. The third kappa shape index (κ3) is 3.23. The van der Waals surface area contributed by atoms with Gasteiger partial charge in [-0.1, -0.05) is 11.6 Å². The molecule has 4 heterocycles. The van der Waals surface area contributed by atoms with Crippen molar-refractivity contribution in [2.45, 2.75) is 12.5 Å². The molecule has 6 nitrogen and oxygen atoms in total. The summed E-state index contributed by atoms with van der Waals surface area (Å²) < 4.78 is 1.73. The van der Waals surface area contributed by atoms with Crippen molar-refractivity contribution in [1.29, 1.82) is 0 Å². The highest BCUT2D eigenvalue weighted by atomic mass is 35.5. The highest BCUT2D eigenvalue weighted by Gasteiger charge is 2.35. The van der Waals surface area contributed by atoms with Gasteiger partial charge in [0.05, 0.1) is 11.1 Å². The summed E-state index contributed by atoms with van der Waals surface area (Å²) in [7, 11) is 0. The van der Waals surface area contributed by atoms with E-state index in [1.54, 1.807) is 46.2 Å². The van der Waals surface area contributed by atoms with Crippen LogP contribution in [0.25, 0.3) is 5.65 Å². The molecule has 0 bridgehead atoms. The van der Waals surface area contributed by atoms with Crippen molar-refractivity contribution in [3.05, 3.63) is 65.3 Å². The number of imidazole rings is 1. The number of β-amino-alcohol motifs (C(OH)–C–C–N with tert-alkyl or cyclic N) is 1. The Morgan fingerprint density at radius 3 is 2.80 bits per heavy atom. The number of aliphatic hydroxyl groups excluding tert-OH is 1. The topological polar surface area (TPSA) is 70.7 Å². The summed E-state index contributed by atoms with van der Waals surface area (Å²) in [6, 6.07) is 7.37. The average molecular weight is 357 g/mol. The number of hydrogen-bond donors (Lipinski definition) is 1. The minimum absolute atomic E-state index is 0.0119.